The molecule has 0 unspecified atom stereocenters. The number of aromatic nitrogens is 1. The van der Waals surface area contributed by atoms with Crippen LogP contribution in [0.5, 0.6) is 0 Å². The number of amides is 2. The molecule has 1 aromatic heterocycles. The van der Waals surface area contributed by atoms with E-state index in [9.17, 15) is 18.0 Å². The molecule has 0 radical (unpaired) electrons. The fraction of sp³-hybridized carbons (Fsp3) is 0.240. The molecule has 0 spiro atoms. The van der Waals surface area contributed by atoms with Gasteiger partial charge in [0.25, 0.3) is 21.8 Å². The van der Waals surface area contributed by atoms with Crippen LogP contribution in [0.3, 0.4) is 0 Å². The molecule has 0 atom stereocenters. The fourth-order valence-corrected chi connectivity index (χ4v) is 5.19. The third-order valence-electron chi connectivity index (χ3n) is 5.97. The third kappa shape index (κ3) is 3.97. The zero-order valence-electron chi connectivity index (χ0n) is 19.5. The zero-order chi connectivity index (χ0) is 25.0. The number of anilines is 2. The number of hydrogen-bond donors (Lipinski definition) is 1. The van der Waals surface area contributed by atoms with Gasteiger partial charge in [-0.25, -0.2) is 17.9 Å². The van der Waals surface area contributed by atoms with Crippen molar-refractivity contribution in [1.29, 1.82) is 0 Å². The first-order chi connectivity index (χ1) is 15.8. The van der Waals surface area contributed by atoms with Crippen LogP contribution in [0.2, 0.25) is 5.02 Å². The maximum atomic E-state index is 13.4. The van der Waals surface area contributed by atoms with Gasteiger partial charge in [0.1, 0.15) is 12.7 Å². The van der Waals surface area contributed by atoms with Gasteiger partial charge in [-0.1, -0.05) is 44.5 Å². The molecule has 2 heterocycles. The van der Waals surface area contributed by atoms with Gasteiger partial charge in [-0.3, -0.25) is 14.3 Å². The molecule has 1 aliphatic rings. The molecule has 2 amide bonds. The molecular formula is C25H25ClN3O4S+. The number of nitrogens with one attached hydrogen (secondary N) is 1. The number of aryl methyl sites for hydroxylation is 1. The van der Waals surface area contributed by atoms with E-state index in [0.717, 1.165) is 10.5 Å². The standard InChI is InChI=1S/C25H24ClN3O4S/c1-15-20(7-6-14-28(15)5)29-23(30)21-18(26)12-13-19(22(21)24(29)31)27-34(32,33)17-10-8-16(9-11-17)25(2,3)4/h6-14H,1-5H3/p+1. The number of rotatable bonds is 4. The molecule has 2 aromatic carbocycles. The van der Waals surface area contributed by atoms with Crippen LogP contribution in [0.25, 0.3) is 0 Å². The number of fused-ring (bicyclic) bond motifs is 1. The first kappa shape index (κ1) is 23.9. The van der Waals surface area contributed by atoms with Gasteiger partial charge in [0, 0.05) is 13.0 Å². The van der Waals surface area contributed by atoms with E-state index in [1.54, 1.807) is 49.0 Å². The first-order valence-electron chi connectivity index (χ1n) is 10.6. The molecule has 4 rings (SSSR count). The van der Waals surface area contributed by atoms with Gasteiger partial charge in [-0.2, -0.15) is 0 Å². The molecule has 3 aromatic rings. The lowest BCUT2D eigenvalue weighted by atomic mass is 9.87. The Labute approximate surface area is 204 Å². The molecule has 0 saturated heterocycles. The smallest absolute Gasteiger partial charge is 0.268 e. The predicted octanol–water partition coefficient (Wildman–Crippen LogP) is 4.37. The summed E-state index contributed by atoms with van der Waals surface area (Å²) in [5.41, 5.74) is 1.85. The van der Waals surface area contributed by atoms with Gasteiger partial charge in [0.2, 0.25) is 5.69 Å². The Balaban J connectivity index is 1.76. The Kier molecular flexibility index (Phi) is 5.78. The van der Waals surface area contributed by atoms with E-state index in [2.05, 4.69) is 4.72 Å². The Hall–Kier alpha value is -3.23. The molecule has 9 heteroatoms. The summed E-state index contributed by atoms with van der Waals surface area (Å²) in [6, 6.07) is 12.7. The van der Waals surface area contributed by atoms with Crippen molar-refractivity contribution in [2.75, 3.05) is 9.62 Å². The monoisotopic (exact) mass is 498 g/mol. The third-order valence-corrected chi connectivity index (χ3v) is 7.66. The maximum absolute atomic E-state index is 13.4. The minimum atomic E-state index is -4.03. The highest BCUT2D eigenvalue weighted by atomic mass is 35.5. The van der Waals surface area contributed by atoms with Crippen molar-refractivity contribution in [2.45, 2.75) is 38.0 Å². The Morgan fingerprint density at radius 2 is 1.56 bits per heavy atom. The molecule has 1 aliphatic heterocycles. The number of sulfonamides is 1. The number of imide groups is 1. The number of halogens is 1. The van der Waals surface area contributed by atoms with Crippen LogP contribution in [0.4, 0.5) is 11.4 Å². The van der Waals surface area contributed by atoms with E-state index in [0.29, 0.717) is 11.4 Å². The van der Waals surface area contributed by atoms with Gasteiger partial charge in [-0.15, -0.1) is 0 Å². The van der Waals surface area contributed by atoms with Crippen LogP contribution in [0.15, 0.2) is 59.6 Å². The van der Waals surface area contributed by atoms with Gasteiger partial charge in [-0.05, 0) is 41.3 Å². The number of benzene rings is 2. The summed E-state index contributed by atoms with van der Waals surface area (Å²) in [6.07, 6.45) is 1.80. The lowest BCUT2D eigenvalue weighted by molar-refractivity contribution is -0.677. The second kappa shape index (κ2) is 8.21. The summed E-state index contributed by atoms with van der Waals surface area (Å²) in [5, 5.41) is 0.0753. The predicted molar refractivity (Wildman–Crippen MR) is 131 cm³/mol. The molecule has 0 fully saturated rings. The van der Waals surface area contributed by atoms with Crippen LogP contribution in [0.1, 0.15) is 52.7 Å². The summed E-state index contributed by atoms with van der Waals surface area (Å²) in [4.78, 5) is 27.7. The number of carbonyl (C=O) groups is 2. The number of hydrogen-bond acceptors (Lipinski definition) is 4. The average Bonchev–Trinajstić information content (AvgIpc) is 3.03. The van der Waals surface area contributed by atoms with Gasteiger partial charge < -0.3 is 0 Å². The molecule has 0 saturated carbocycles. The molecule has 7 nitrogen and oxygen atoms in total. The SMILES string of the molecule is Cc1c(N2C(=O)c3c(Cl)ccc(NS(=O)(=O)c4ccc(C(C)(C)C)cc4)c3C2=O)ccc[n+]1C. The lowest BCUT2D eigenvalue weighted by Gasteiger charge is -2.19. The normalized spacial score (nSPS) is 13.9. The Morgan fingerprint density at radius 1 is 0.941 bits per heavy atom. The molecular weight excluding hydrogens is 474 g/mol. The van der Waals surface area contributed by atoms with E-state index in [1.165, 1.54) is 24.3 Å². The number of carbonyl (C=O) groups excluding carboxylic acids is 2. The van der Waals surface area contributed by atoms with Gasteiger partial charge in [0.15, 0.2) is 6.20 Å². The topological polar surface area (TPSA) is 87.4 Å². The Morgan fingerprint density at radius 3 is 2.18 bits per heavy atom. The van der Waals surface area contributed by atoms with E-state index < -0.39 is 21.8 Å². The number of nitrogens with zero attached hydrogens (tertiary/aromatic N) is 2. The van der Waals surface area contributed by atoms with Crippen molar-refractivity contribution < 1.29 is 22.6 Å². The summed E-state index contributed by atoms with van der Waals surface area (Å²) in [5.74, 6) is -1.24. The highest BCUT2D eigenvalue weighted by Crippen LogP contribution is 2.38. The van der Waals surface area contributed by atoms with Crippen molar-refractivity contribution in [1.82, 2.24) is 0 Å². The summed E-state index contributed by atoms with van der Waals surface area (Å²) in [7, 11) is -2.23. The molecule has 176 valence electrons. The minimum Gasteiger partial charge on any atom is -0.279 e. The second-order valence-corrected chi connectivity index (χ2v) is 11.3. The van der Waals surface area contributed by atoms with Gasteiger partial charge >= 0.3 is 0 Å². The van der Waals surface area contributed by atoms with Crippen LogP contribution in [-0.4, -0.2) is 20.2 Å². The van der Waals surface area contributed by atoms with E-state index in [4.69, 9.17) is 11.6 Å². The second-order valence-electron chi connectivity index (χ2n) is 9.26. The quantitative estimate of drug-likeness (QED) is 0.427. The van der Waals surface area contributed by atoms with Crippen LogP contribution < -0.4 is 14.2 Å². The van der Waals surface area contributed by atoms with E-state index in [-0.39, 0.29) is 32.1 Å². The van der Waals surface area contributed by atoms with Crippen molar-refractivity contribution in [2.24, 2.45) is 7.05 Å². The van der Waals surface area contributed by atoms with Crippen molar-refractivity contribution >= 4 is 44.8 Å². The lowest BCUT2D eigenvalue weighted by Crippen LogP contribution is -2.37. The summed E-state index contributed by atoms with van der Waals surface area (Å²) >= 11 is 6.29. The highest BCUT2D eigenvalue weighted by molar-refractivity contribution is 7.92. The molecule has 0 bridgehead atoms. The van der Waals surface area contributed by atoms with Crippen molar-refractivity contribution in [3.05, 3.63) is 82.1 Å². The summed E-state index contributed by atoms with van der Waals surface area (Å²) in [6.45, 7) is 7.89. The van der Waals surface area contributed by atoms with Crippen LogP contribution >= 0.6 is 11.6 Å². The minimum absolute atomic E-state index is 0.00175. The van der Waals surface area contributed by atoms with E-state index >= 15 is 0 Å². The Bertz CT molecular complexity index is 1440. The van der Waals surface area contributed by atoms with Gasteiger partial charge in [0.05, 0.1) is 26.7 Å². The molecule has 0 aliphatic carbocycles. The number of pyridine rings is 1. The highest BCUT2D eigenvalue weighted by Gasteiger charge is 2.42. The molecule has 34 heavy (non-hydrogen) atoms. The summed E-state index contributed by atoms with van der Waals surface area (Å²) < 4.78 is 30.5. The van der Waals surface area contributed by atoms with Crippen LogP contribution in [-0.2, 0) is 22.5 Å². The maximum Gasteiger partial charge on any atom is 0.268 e. The van der Waals surface area contributed by atoms with Crippen molar-refractivity contribution in [3.8, 4) is 0 Å². The van der Waals surface area contributed by atoms with E-state index in [1.807, 2.05) is 20.8 Å². The average molecular weight is 499 g/mol. The fourth-order valence-electron chi connectivity index (χ4n) is 3.88. The van der Waals surface area contributed by atoms with Crippen LogP contribution in [0, 0.1) is 6.92 Å². The van der Waals surface area contributed by atoms with Crippen molar-refractivity contribution in [3.63, 3.8) is 0 Å². The largest absolute Gasteiger partial charge is 0.279 e. The zero-order valence-corrected chi connectivity index (χ0v) is 21.1. The molecule has 1 N–H and O–H groups in total. The first-order valence-corrected chi connectivity index (χ1v) is 12.5.